The minimum Gasteiger partial charge on any atom is -0.305 e. The number of nitrogens with zero attached hydrogens (tertiary/aromatic N) is 2. The highest BCUT2D eigenvalue weighted by molar-refractivity contribution is 6.03. The second kappa shape index (κ2) is 6.26. The lowest BCUT2D eigenvalue weighted by Gasteiger charge is -2.05. The second-order valence-corrected chi connectivity index (χ2v) is 5.15. The third-order valence-corrected chi connectivity index (χ3v) is 3.51. The van der Waals surface area contributed by atoms with Crippen molar-refractivity contribution in [3.8, 4) is 0 Å². The smallest absolute Gasteiger partial charge is 0.256 e. The van der Waals surface area contributed by atoms with Gasteiger partial charge >= 0.3 is 0 Å². The molecular weight excluding hydrogens is 274 g/mol. The van der Waals surface area contributed by atoms with Gasteiger partial charge in [0.05, 0.1) is 6.54 Å². The lowest BCUT2D eigenvalue weighted by atomic mass is 10.1. The molecule has 110 valence electrons. The Balaban J connectivity index is 1.69. The maximum atomic E-state index is 12.1. The maximum Gasteiger partial charge on any atom is 0.256 e. The van der Waals surface area contributed by atoms with Crippen molar-refractivity contribution in [3.05, 3.63) is 83.6 Å². The molecule has 3 aromatic rings. The molecular formula is C18H17N3O. The molecule has 0 unspecified atom stereocenters. The first-order chi connectivity index (χ1) is 10.7. The Bertz CT molecular complexity index is 778. The quantitative estimate of drug-likeness (QED) is 0.800. The van der Waals surface area contributed by atoms with Crippen LogP contribution in [0.2, 0.25) is 0 Å². The Hall–Kier alpha value is -2.88. The van der Waals surface area contributed by atoms with Crippen molar-refractivity contribution < 1.29 is 4.79 Å². The molecule has 1 N–H and O–H groups in total. The monoisotopic (exact) mass is 291 g/mol. The Labute approximate surface area is 129 Å². The van der Waals surface area contributed by atoms with Crippen molar-refractivity contribution in [2.24, 2.45) is 0 Å². The number of aromatic nitrogens is 2. The van der Waals surface area contributed by atoms with E-state index in [4.69, 9.17) is 0 Å². The van der Waals surface area contributed by atoms with Gasteiger partial charge in [-0.2, -0.15) is 5.10 Å². The van der Waals surface area contributed by atoms with Crippen LogP contribution < -0.4 is 5.32 Å². The Kier molecular flexibility index (Phi) is 4.01. The van der Waals surface area contributed by atoms with E-state index in [1.165, 1.54) is 11.1 Å². The molecule has 0 spiro atoms. The first-order valence-electron chi connectivity index (χ1n) is 7.17. The first kappa shape index (κ1) is 14.1. The largest absolute Gasteiger partial charge is 0.305 e. The van der Waals surface area contributed by atoms with Crippen molar-refractivity contribution >= 4 is 11.7 Å². The van der Waals surface area contributed by atoms with E-state index in [2.05, 4.69) is 29.5 Å². The minimum atomic E-state index is -0.151. The van der Waals surface area contributed by atoms with Gasteiger partial charge in [0.2, 0.25) is 0 Å². The summed E-state index contributed by atoms with van der Waals surface area (Å²) in [5, 5.41) is 7.20. The number of carbonyl (C=O) groups excluding carboxylic acids is 1. The number of benzene rings is 2. The van der Waals surface area contributed by atoms with E-state index in [1.807, 2.05) is 41.2 Å². The highest BCUT2D eigenvalue weighted by Crippen LogP contribution is 2.11. The van der Waals surface area contributed by atoms with Crippen molar-refractivity contribution in [1.82, 2.24) is 9.78 Å². The molecule has 0 bridgehead atoms. The normalized spacial score (nSPS) is 10.4. The van der Waals surface area contributed by atoms with Gasteiger partial charge in [-0.3, -0.25) is 9.48 Å². The second-order valence-electron chi connectivity index (χ2n) is 5.15. The number of amides is 1. The predicted octanol–water partition coefficient (Wildman–Crippen LogP) is 3.49. The molecule has 0 fully saturated rings. The van der Waals surface area contributed by atoms with Crippen molar-refractivity contribution in [2.75, 3.05) is 5.32 Å². The lowest BCUT2D eigenvalue weighted by molar-refractivity contribution is 0.102. The van der Waals surface area contributed by atoms with Crippen LogP contribution in [0.25, 0.3) is 0 Å². The van der Waals surface area contributed by atoms with Gasteiger partial charge in [0.25, 0.3) is 5.91 Å². The number of carbonyl (C=O) groups is 1. The summed E-state index contributed by atoms with van der Waals surface area (Å²) in [6, 6.07) is 19.1. The molecule has 0 aliphatic carbocycles. The van der Waals surface area contributed by atoms with Crippen LogP contribution in [0.15, 0.2) is 66.9 Å². The fraction of sp³-hybridized carbons (Fsp3) is 0.111. The Morgan fingerprint density at radius 3 is 2.55 bits per heavy atom. The summed E-state index contributed by atoms with van der Waals surface area (Å²) < 4.78 is 1.82. The van der Waals surface area contributed by atoms with Crippen molar-refractivity contribution in [1.29, 1.82) is 0 Å². The SMILES string of the molecule is Cc1ccccc1Cn1ccc(NC(=O)c2ccccc2)n1. The summed E-state index contributed by atoms with van der Waals surface area (Å²) in [7, 11) is 0. The first-order valence-corrected chi connectivity index (χ1v) is 7.17. The third kappa shape index (κ3) is 3.23. The van der Waals surface area contributed by atoms with Crippen LogP contribution >= 0.6 is 0 Å². The molecule has 1 amide bonds. The number of anilines is 1. The fourth-order valence-corrected chi connectivity index (χ4v) is 2.26. The van der Waals surface area contributed by atoms with Crippen LogP contribution in [0.4, 0.5) is 5.82 Å². The van der Waals surface area contributed by atoms with E-state index in [0.29, 0.717) is 17.9 Å². The zero-order valence-corrected chi connectivity index (χ0v) is 12.4. The van der Waals surface area contributed by atoms with Crippen molar-refractivity contribution in [3.63, 3.8) is 0 Å². The highest BCUT2D eigenvalue weighted by Gasteiger charge is 2.07. The van der Waals surface area contributed by atoms with Gasteiger partial charge < -0.3 is 5.32 Å². The molecule has 0 saturated carbocycles. The molecule has 2 aromatic carbocycles. The molecule has 0 atom stereocenters. The van der Waals surface area contributed by atoms with E-state index in [9.17, 15) is 4.79 Å². The average Bonchev–Trinajstić information content (AvgIpc) is 2.97. The Morgan fingerprint density at radius 2 is 1.77 bits per heavy atom. The molecule has 0 aliphatic rings. The summed E-state index contributed by atoms with van der Waals surface area (Å²) in [5.41, 5.74) is 3.07. The van der Waals surface area contributed by atoms with Crippen LogP contribution in [-0.2, 0) is 6.54 Å². The van der Waals surface area contributed by atoms with E-state index in [1.54, 1.807) is 18.2 Å². The molecule has 1 aromatic heterocycles. The van der Waals surface area contributed by atoms with E-state index in [0.717, 1.165) is 0 Å². The Morgan fingerprint density at radius 1 is 1.05 bits per heavy atom. The average molecular weight is 291 g/mol. The number of nitrogens with one attached hydrogen (secondary N) is 1. The van der Waals surface area contributed by atoms with Crippen LogP contribution in [0, 0.1) is 6.92 Å². The van der Waals surface area contributed by atoms with E-state index >= 15 is 0 Å². The number of aryl methyl sites for hydroxylation is 1. The van der Waals surface area contributed by atoms with Gasteiger partial charge in [-0.05, 0) is 30.2 Å². The zero-order valence-electron chi connectivity index (χ0n) is 12.4. The molecule has 4 heteroatoms. The van der Waals surface area contributed by atoms with Gasteiger partial charge in [-0.25, -0.2) is 0 Å². The molecule has 0 radical (unpaired) electrons. The topological polar surface area (TPSA) is 46.9 Å². The van der Waals surface area contributed by atoms with Gasteiger partial charge in [0.1, 0.15) is 0 Å². The van der Waals surface area contributed by atoms with Crippen LogP contribution in [0.1, 0.15) is 21.5 Å². The van der Waals surface area contributed by atoms with Gasteiger partial charge in [0.15, 0.2) is 5.82 Å². The van der Waals surface area contributed by atoms with Crippen LogP contribution in [-0.4, -0.2) is 15.7 Å². The predicted molar refractivity (Wildman–Crippen MR) is 86.9 cm³/mol. The molecule has 22 heavy (non-hydrogen) atoms. The molecule has 4 nitrogen and oxygen atoms in total. The number of hydrogen-bond donors (Lipinski definition) is 1. The molecule has 3 rings (SSSR count). The summed E-state index contributed by atoms with van der Waals surface area (Å²) in [5.74, 6) is 0.407. The van der Waals surface area contributed by atoms with Crippen LogP contribution in [0.5, 0.6) is 0 Å². The number of hydrogen-bond acceptors (Lipinski definition) is 2. The molecule has 0 saturated heterocycles. The minimum absolute atomic E-state index is 0.151. The summed E-state index contributed by atoms with van der Waals surface area (Å²) in [4.78, 5) is 12.1. The van der Waals surface area contributed by atoms with Crippen molar-refractivity contribution in [2.45, 2.75) is 13.5 Å². The summed E-state index contributed by atoms with van der Waals surface area (Å²) in [6.45, 7) is 2.77. The fourth-order valence-electron chi connectivity index (χ4n) is 2.26. The summed E-state index contributed by atoms with van der Waals surface area (Å²) >= 11 is 0. The van der Waals surface area contributed by atoms with E-state index < -0.39 is 0 Å². The van der Waals surface area contributed by atoms with Gasteiger partial charge in [-0.1, -0.05) is 42.5 Å². The summed E-state index contributed by atoms with van der Waals surface area (Å²) in [6.07, 6.45) is 1.87. The maximum absolute atomic E-state index is 12.1. The van der Waals surface area contributed by atoms with E-state index in [-0.39, 0.29) is 5.91 Å². The molecule has 0 aliphatic heterocycles. The zero-order chi connectivity index (χ0) is 15.4. The standard InChI is InChI=1S/C18H17N3O/c1-14-7-5-6-10-16(14)13-21-12-11-17(20-21)19-18(22)15-8-3-2-4-9-15/h2-12H,13H2,1H3,(H,19,20,22). The van der Waals surface area contributed by atoms with Gasteiger partial charge in [0, 0.05) is 17.8 Å². The lowest BCUT2D eigenvalue weighted by Crippen LogP contribution is -2.12. The third-order valence-electron chi connectivity index (χ3n) is 3.51. The van der Waals surface area contributed by atoms with Gasteiger partial charge in [-0.15, -0.1) is 0 Å². The molecule has 1 heterocycles. The highest BCUT2D eigenvalue weighted by atomic mass is 16.1. The number of rotatable bonds is 4. The van der Waals surface area contributed by atoms with Crippen LogP contribution in [0.3, 0.4) is 0 Å².